The van der Waals surface area contributed by atoms with E-state index in [0.29, 0.717) is 12.5 Å². The number of rotatable bonds is 6. The highest BCUT2D eigenvalue weighted by Crippen LogP contribution is 2.31. The monoisotopic (exact) mass is 676 g/mol. The minimum atomic E-state index is -0.289. The Balaban J connectivity index is 1.50. The van der Waals surface area contributed by atoms with Crippen molar-refractivity contribution in [2.45, 2.75) is 45.3 Å². The van der Waals surface area contributed by atoms with Crippen molar-refractivity contribution in [1.29, 1.82) is 5.26 Å². The molecule has 3 aromatic carbocycles. The summed E-state index contributed by atoms with van der Waals surface area (Å²) in [6.07, 6.45) is 6.09. The summed E-state index contributed by atoms with van der Waals surface area (Å²) in [5.74, 6) is 0.963. The number of nitrogens with one attached hydrogen (secondary N) is 1. The molecule has 34 heavy (non-hydrogen) atoms. The van der Waals surface area contributed by atoms with Gasteiger partial charge in [-0.1, -0.05) is 62.2 Å². The van der Waals surface area contributed by atoms with Crippen LogP contribution in [-0.4, -0.2) is 11.9 Å². The normalized spacial score (nSPS) is 18.4. The molecule has 6 heteroatoms. The molecule has 2 atom stereocenters. The lowest BCUT2D eigenvalue weighted by Gasteiger charge is -2.29. The largest absolute Gasteiger partial charge is 0.487 e. The van der Waals surface area contributed by atoms with Crippen molar-refractivity contribution in [3.8, 4) is 11.8 Å². The molecule has 1 saturated carbocycles. The van der Waals surface area contributed by atoms with Gasteiger partial charge in [0.2, 0.25) is 0 Å². The molecule has 4 nitrogen and oxygen atoms in total. The molecule has 0 heterocycles. The number of benzene rings is 3. The Kier molecular flexibility index (Phi) is 8.48. The van der Waals surface area contributed by atoms with Gasteiger partial charge < -0.3 is 10.1 Å². The topological polar surface area (TPSA) is 62.1 Å². The maximum Gasteiger partial charge on any atom is 0.262 e. The van der Waals surface area contributed by atoms with Gasteiger partial charge in [0.1, 0.15) is 24.0 Å². The minimum absolute atomic E-state index is 0.133. The van der Waals surface area contributed by atoms with Gasteiger partial charge >= 0.3 is 0 Å². The van der Waals surface area contributed by atoms with Crippen LogP contribution in [0.4, 0.5) is 0 Å². The molecule has 0 aliphatic heterocycles. The van der Waals surface area contributed by atoms with Crippen LogP contribution in [0.15, 0.2) is 60.2 Å². The van der Waals surface area contributed by atoms with E-state index >= 15 is 0 Å². The van der Waals surface area contributed by atoms with Crippen LogP contribution in [0.1, 0.15) is 43.7 Å². The first-order valence-electron chi connectivity index (χ1n) is 11.5. The summed E-state index contributed by atoms with van der Waals surface area (Å²) in [6.45, 7) is 2.63. The minimum Gasteiger partial charge on any atom is -0.487 e. The standard InChI is InChI=1S/C28H26I2N2O2/c1-18-7-2-5-12-26(18)32-28(33)22(16-31)13-19-14-24(29)27(25(30)15-19)34-17-21-10-6-9-20-8-3-4-11-23(20)21/h3-4,6,8-11,13-15,18,26H,2,5,7,12,17H2,1H3,(H,32,33)/b22-13+/t18-,26-/m1/s1. The van der Waals surface area contributed by atoms with E-state index in [1.165, 1.54) is 17.2 Å². The Labute approximate surface area is 228 Å². The number of nitrogens with zero attached hydrogens (tertiary/aromatic N) is 1. The van der Waals surface area contributed by atoms with Crippen LogP contribution in [-0.2, 0) is 11.4 Å². The Morgan fingerprint density at radius 3 is 2.56 bits per heavy atom. The van der Waals surface area contributed by atoms with Gasteiger partial charge in [0, 0.05) is 6.04 Å². The van der Waals surface area contributed by atoms with Gasteiger partial charge in [-0.15, -0.1) is 0 Å². The highest BCUT2D eigenvalue weighted by molar-refractivity contribution is 14.1. The summed E-state index contributed by atoms with van der Waals surface area (Å²) in [7, 11) is 0. The summed E-state index contributed by atoms with van der Waals surface area (Å²) in [4.78, 5) is 12.8. The molecule has 174 valence electrons. The molecule has 0 aromatic heterocycles. The van der Waals surface area contributed by atoms with E-state index in [4.69, 9.17) is 4.74 Å². The molecule has 0 spiro atoms. The SMILES string of the molecule is C[C@@H]1CCCC[C@H]1NC(=O)/C(C#N)=C/c1cc(I)c(OCc2cccc3ccccc23)c(I)c1. The fraction of sp³-hybridized carbons (Fsp3) is 0.286. The fourth-order valence-electron chi connectivity index (χ4n) is 4.46. The van der Waals surface area contributed by atoms with Gasteiger partial charge in [0.15, 0.2) is 0 Å². The molecule has 1 N–H and O–H groups in total. The zero-order chi connectivity index (χ0) is 24.1. The van der Waals surface area contributed by atoms with Crippen molar-refractivity contribution in [1.82, 2.24) is 5.32 Å². The third kappa shape index (κ3) is 5.92. The molecule has 1 aliphatic carbocycles. The van der Waals surface area contributed by atoms with Gasteiger partial charge in [0.05, 0.1) is 7.14 Å². The summed E-state index contributed by atoms with van der Waals surface area (Å²) in [5.41, 5.74) is 2.08. The number of carbonyl (C=O) groups excluding carboxylic acids is 1. The Bertz CT molecular complexity index is 1250. The van der Waals surface area contributed by atoms with Crippen LogP contribution in [0.3, 0.4) is 0 Å². The highest BCUT2D eigenvalue weighted by Gasteiger charge is 2.24. The summed E-state index contributed by atoms with van der Waals surface area (Å²) >= 11 is 4.51. The second-order valence-corrected chi connectivity index (χ2v) is 11.1. The smallest absolute Gasteiger partial charge is 0.262 e. The number of hydrogen-bond acceptors (Lipinski definition) is 3. The maximum atomic E-state index is 12.8. The van der Waals surface area contributed by atoms with E-state index in [-0.39, 0.29) is 17.5 Å². The molecule has 0 radical (unpaired) electrons. The molecule has 1 amide bonds. The lowest BCUT2D eigenvalue weighted by Crippen LogP contribution is -2.41. The molecule has 4 rings (SSSR count). The zero-order valence-electron chi connectivity index (χ0n) is 19.0. The maximum absolute atomic E-state index is 12.8. The number of ether oxygens (including phenoxy) is 1. The van der Waals surface area contributed by atoms with Crippen molar-refractivity contribution < 1.29 is 9.53 Å². The Morgan fingerprint density at radius 2 is 1.82 bits per heavy atom. The lowest BCUT2D eigenvalue weighted by molar-refractivity contribution is -0.118. The first-order valence-corrected chi connectivity index (χ1v) is 13.6. The number of fused-ring (bicyclic) bond motifs is 1. The van der Waals surface area contributed by atoms with Crippen molar-refractivity contribution >= 4 is 67.9 Å². The molecule has 1 aliphatic rings. The van der Waals surface area contributed by atoms with Crippen LogP contribution in [0.5, 0.6) is 5.75 Å². The van der Waals surface area contributed by atoms with Gasteiger partial charge in [-0.3, -0.25) is 4.79 Å². The molecule has 1 fully saturated rings. The first-order chi connectivity index (χ1) is 16.5. The van der Waals surface area contributed by atoms with E-state index in [1.54, 1.807) is 6.08 Å². The third-order valence-electron chi connectivity index (χ3n) is 6.38. The van der Waals surface area contributed by atoms with E-state index in [2.05, 4.69) is 87.8 Å². The lowest BCUT2D eigenvalue weighted by atomic mass is 9.86. The second-order valence-electron chi connectivity index (χ2n) is 8.75. The number of carbonyl (C=O) groups is 1. The van der Waals surface area contributed by atoms with Crippen molar-refractivity contribution in [3.05, 3.63) is 78.4 Å². The zero-order valence-corrected chi connectivity index (χ0v) is 23.3. The van der Waals surface area contributed by atoms with Gasteiger partial charge in [-0.2, -0.15) is 5.26 Å². The third-order valence-corrected chi connectivity index (χ3v) is 7.98. The molecular weight excluding hydrogens is 650 g/mol. The average molecular weight is 676 g/mol. The van der Waals surface area contributed by atoms with E-state index in [9.17, 15) is 10.1 Å². The molecule has 0 saturated heterocycles. The molecule has 0 bridgehead atoms. The van der Waals surface area contributed by atoms with Crippen molar-refractivity contribution in [2.75, 3.05) is 0 Å². The second kappa shape index (κ2) is 11.5. The van der Waals surface area contributed by atoms with Crippen LogP contribution < -0.4 is 10.1 Å². The molecule has 3 aromatic rings. The predicted octanol–water partition coefficient (Wildman–Crippen LogP) is 7.23. The predicted molar refractivity (Wildman–Crippen MR) is 153 cm³/mol. The van der Waals surface area contributed by atoms with Crippen LogP contribution in [0.2, 0.25) is 0 Å². The summed E-state index contributed by atoms with van der Waals surface area (Å²) in [5, 5.41) is 15.1. The Hall–Kier alpha value is -2.12. The van der Waals surface area contributed by atoms with Gasteiger partial charge in [0.25, 0.3) is 5.91 Å². The fourth-order valence-corrected chi connectivity index (χ4v) is 6.59. The first kappa shape index (κ1) is 25.0. The van der Waals surface area contributed by atoms with E-state index in [0.717, 1.165) is 43.3 Å². The van der Waals surface area contributed by atoms with Crippen LogP contribution >= 0.6 is 45.2 Å². The highest BCUT2D eigenvalue weighted by atomic mass is 127. The summed E-state index contributed by atoms with van der Waals surface area (Å²) < 4.78 is 8.11. The van der Waals surface area contributed by atoms with Crippen LogP contribution in [0, 0.1) is 24.4 Å². The average Bonchev–Trinajstić information content (AvgIpc) is 2.83. The Morgan fingerprint density at radius 1 is 1.12 bits per heavy atom. The number of nitriles is 1. The quantitative estimate of drug-likeness (QED) is 0.170. The number of hydrogen-bond donors (Lipinski definition) is 1. The molecule has 0 unspecified atom stereocenters. The van der Waals surface area contributed by atoms with Gasteiger partial charge in [-0.25, -0.2) is 0 Å². The molecular formula is C28H26I2N2O2. The van der Waals surface area contributed by atoms with Crippen molar-refractivity contribution in [3.63, 3.8) is 0 Å². The van der Waals surface area contributed by atoms with Gasteiger partial charge in [-0.05, 0) is 104 Å². The van der Waals surface area contributed by atoms with E-state index < -0.39 is 0 Å². The van der Waals surface area contributed by atoms with Crippen LogP contribution in [0.25, 0.3) is 16.8 Å². The summed E-state index contributed by atoms with van der Waals surface area (Å²) in [6, 6.07) is 20.7. The van der Waals surface area contributed by atoms with Crippen molar-refractivity contribution in [2.24, 2.45) is 5.92 Å². The van der Waals surface area contributed by atoms with E-state index in [1.807, 2.05) is 30.3 Å². The number of halogens is 2. The number of amides is 1.